The van der Waals surface area contributed by atoms with Gasteiger partial charge in [-0.2, -0.15) is 5.26 Å². The molecule has 2 aromatic carbocycles. The average molecular weight is 295 g/mol. The normalized spacial score (nSPS) is 10.3. The van der Waals surface area contributed by atoms with Gasteiger partial charge in [-0.25, -0.2) is 4.98 Å². The van der Waals surface area contributed by atoms with Gasteiger partial charge in [-0.15, -0.1) is 0 Å². The Morgan fingerprint density at radius 1 is 1.10 bits per heavy atom. The number of nitriles is 1. The highest BCUT2D eigenvalue weighted by Gasteiger charge is 2.06. The number of benzene rings is 2. The van der Waals surface area contributed by atoms with E-state index in [0.29, 0.717) is 23.1 Å². The molecule has 0 unspecified atom stereocenters. The Hall–Kier alpha value is -2.57. The predicted octanol–water partition coefficient (Wildman–Crippen LogP) is 4.34. The summed E-state index contributed by atoms with van der Waals surface area (Å²) in [7, 11) is 0. The first-order chi connectivity index (χ1) is 10.3. The molecule has 0 radical (unpaired) electrons. The number of fused-ring (bicyclic) bond motifs is 1. The van der Waals surface area contributed by atoms with E-state index >= 15 is 0 Å². The lowest BCUT2D eigenvalue weighted by molar-refractivity contribution is 0.306. The first-order valence-corrected chi connectivity index (χ1v) is 6.81. The fraction of sp³-hybridized carbons (Fsp3) is 0.0588. The van der Waals surface area contributed by atoms with Crippen LogP contribution < -0.4 is 4.74 Å². The van der Waals surface area contributed by atoms with Crippen molar-refractivity contribution < 1.29 is 4.74 Å². The van der Waals surface area contributed by atoms with Crippen molar-refractivity contribution in [1.29, 1.82) is 5.26 Å². The summed E-state index contributed by atoms with van der Waals surface area (Å²) < 4.78 is 5.69. The molecule has 3 aromatic rings. The third-order valence-electron chi connectivity index (χ3n) is 3.11. The number of pyridine rings is 1. The van der Waals surface area contributed by atoms with E-state index in [-0.39, 0.29) is 0 Å². The minimum atomic E-state index is 0.311. The number of aromatic nitrogens is 1. The molecule has 1 aromatic heterocycles. The second-order valence-electron chi connectivity index (χ2n) is 4.56. The van der Waals surface area contributed by atoms with Crippen LogP contribution in [0.25, 0.3) is 10.9 Å². The van der Waals surface area contributed by atoms with Crippen LogP contribution in [0.4, 0.5) is 0 Å². The summed E-state index contributed by atoms with van der Waals surface area (Å²) in [5.41, 5.74) is 2.24. The largest absolute Gasteiger partial charge is 0.489 e. The number of hydrogen-bond acceptors (Lipinski definition) is 3. The van der Waals surface area contributed by atoms with Crippen molar-refractivity contribution in [3.8, 4) is 11.8 Å². The maximum atomic E-state index is 8.87. The summed E-state index contributed by atoms with van der Waals surface area (Å²) in [6.45, 7) is 0.311. The Balaban J connectivity index is 1.84. The Morgan fingerprint density at radius 2 is 1.95 bits per heavy atom. The summed E-state index contributed by atoms with van der Waals surface area (Å²) >= 11 is 6.18. The van der Waals surface area contributed by atoms with Crippen LogP contribution in [0.1, 0.15) is 11.1 Å². The Kier molecular flexibility index (Phi) is 3.72. The molecule has 0 amide bonds. The van der Waals surface area contributed by atoms with Crippen LogP contribution >= 0.6 is 11.6 Å². The van der Waals surface area contributed by atoms with Gasteiger partial charge in [-0.1, -0.05) is 35.9 Å². The van der Waals surface area contributed by atoms with Crippen molar-refractivity contribution >= 4 is 22.5 Å². The van der Waals surface area contributed by atoms with Gasteiger partial charge < -0.3 is 4.74 Å². The molecule has 1 heterocycles. The van der Waals surface area contributed by atoms with Crippen LogP contribution in [0.2, 0.25) is 5.15 Å². The molecule has 0 aliphatic rings. The predicted molar refractivity (Wildman–Crippen MR) is 82.2 cm³/mol. The number of hydrogen-bond donors (Lipinski definition) is 0. The zero-order valence-electron chi connectivity index (χ0n) is 11.1. The van der Waals surface area contributed by atoms with Gasteiger partial charge in [0.25, 0.3) is 0 Å². The minimum Gasteiger partial charge on any atom is -0.489 e. The van der Waals surface area contributed by atoms with Crippen molar-refractivity contribution in [3.05, 3.63) is 70.9 Å². The molecule has 0 spiro atoms. The highest BCUT2D eigenvalue weighted by atomic mass is 35.5. The third kappa shape index (κ3) is 2.96. The standard InChI is InChI=1S/C17H11ClN2O/c18-17-14(9-13-5-1-2-7-16(13)20-17)11-21-15-6-3-4-12(8-15)10-19/h1-9H,11H2. The van der Waals surface area contributed by atoms with E-state index in [1.54, 1.807) is 18.2 Å². The maximum absolute atomic E-state index is 8.87. The SMILES string of the molecule is N#Cc1cccc(OCc2cc3ccccc3nc2Cl)c1. The molecule has 21 heavy (non-hydrogen) atoms. The van der Waals surface area contributed by atoms with Crippen LogP contribution in [0.15, 0.2) is 54.6 Å². The molecule has 0 atom stereocenters. The molecule has 3 nitrogen and oxygen atoms in total. The van der Waals surface area contributed by atoms with Crippen molar-refractivity contribution in [2.24, 2.45) is 0 Å². The molecule has 0 saturated heterocycles. The first-order valence-electron chi connectivity index (χ1n) is 6.43. The first kappa shape index (κ1) is 13.4. The molecule has 0 fully saturated rings. The lowest BCUT2D eigenvalue weighted by Gasteiger charge is -2.09. The molecule has 0 N–H and O–H groups in total. The van der Waals surface area contributed by atoms with E-state index in [0.717, 1.165) is 16.5 Å². The highest BCUT2D eigenvalue weighted by molar-refractivity contribution is 6.30. The second-order valence-corrected chi connectivity index (χ2v) is 4.92. The fourth-order valence-corrected chi connectivity index (χ4v) is 2.25. The van der Waals surface area contributed by atoms with Gasteiger partial charge >= 0.3 is 0 Å². The van der Waals surface area contributed by atoms with Crippen LogP contribution in [-0.2, 0) is 6.61 Å². The molecule has 0 saturated carbocycles. The summed E-state index contributed by atoms with van der Waals surface area (Å²) in [4.78, 5) is 4.35. The van der Waals surface area contributed by atoms with Gasteiger partial charge in [-0.3, -0.25) is 0 Å². The van der Waals surface area contributed by atoms with Crippen LogP contribution in [-0.4, -0.2) is 4.98 Å². The smallest absolute Gasteiger partial charge is 0.136 e. The molecular formula is C17H11ClN2O. The van der Waals surface area contributed by atoms with Crippen molar-refractivity contribution in [2.45, 2.75) is 6.61 Å². The molecule has 4 heteroatoms. The summed E-state index contributed by atoms with van der Waals surface area (Å²) in [5.74, 6) is 0.637. The zero-order valence-corrected chi connectivity index (χ0v) is 11.8. The summed E-state index contributed by atoms with van der Waals surface area (Å²) in [6, 6.07) is 18.9. The molecular weight excluding hydrogens is 284 g/mol. The van der Waals surface area contributed by atoms with Gasteiger partial charge in [0.2, 0.25) is 0 Å². The monoisotopic (exact) mass is 294 g/mol. The summed E-state index contributed by atoms with van der Waals surface area (Å²) in [5, 5.41) is 10.3. The van der Waals surface area contributed by atoms with Crippen molar-refractivity contribution in [2.75, 3.05) is 0 Å². The molecule has 0 aliphatic heterocycles. The van der Waals surface area contributed by atoms with Gasteiger partial charge in [0, 0.05) is 10.9 Å². The number of para-hydroxylation sites is 1. The maximum Gasteiger partial charge on any atom is 0.136 e. The van der Waals surface area contributed by atoms with Crippen LogP contribution in [0.5, 0.6) is 5.75 Å². The zero-order chi connectivity index (χ0) is 14.7. The van der Waals surface area contributed by atoms with Crippen LogP contribution in [0, 0.1) is 11.3 Å². The number of nitrogens with zero attached hydrogens (tertiary/aromatic N) is 2. The topological polar surface area (TPSA) is 45.9 Å². The van der Waals surface area contributed by atoms with E-state index < -0.39 is 0 Å². The summed E-state index contributed by atoms with van der Waals surface area (Å²) in [6.07, 6.45) is 0. The van der Waals surface area contributed by atoms with Gasteiger partial charge in [0.15, 0.2) is 0 Å². The lowest BCUT2D eigenvalue weighted by Crippen LogP contribution is -1.98. The Labute approximate surface area is 127 Å². The minimum absolute atomic E-state index is 0.311. The van der Waals surface area contributed by atoms with E-state index in [1.165, 1.54) is 0 Å². The number of ether oxygens (including phenoxy) is 1. The van der Waals surface area contributed by atoms with E-state index in [9.17, 15) is 0 Å². The molecule has 0 aliphatic carbocycles. The lowest BCUT2D eigenvalue weighted by atomic mass is 10.2. The molecule has 0 bridgehead atoms. The third-order valence-corrected chi connectivity index (χ3v) is 3.43. The van der Waals surface area contributed by atoms with E-state index in [1.807, 2.05) is 36.4 Å². The van der Waals surface area contributed by atoms with Gasteiger partial charge in [0.1, 0.15) is 17.5 Å². The fourth-order valence-electron chi connectivity index (χ4n) is 2.05. The highest BCUT2D eigenvalue weighted by Crippen LogP contribution is 2.22. The Morgan fingerprint density at radius 3 is 2.81 bits per heavy atom. The number of rotatable bonds is 3. The van der Waals surface area contributed by atoms with Gasteiger partial charge in [0.05, 0.1) is 17.1 Å². The van der Waals surface area contributed by atoms with Gasteiger partial charge in [-0.05, 0) is 30.3 Å². The Bertz CT molecular complexity index is 840. The molecule has 3 rings (SSSR count). The van der Waals surface area contributed by atoms with Crippen molar-refractivity contribution in [3.63, 3.8) is 0 Å². The second kappa shape index (κ2) is 5.82. The van der Waals surface area contributed by atoms with Crippen LogP contribution in [0.3, 0.4) is 0 Å². The van der Waals surface area contributed by atoms with Crippen molar-refractivity contribution in [1.82, 2.24) is 4.98 Å². The average Bonchev–Trinajstić information content (AvgIpc) is 2.53. The van der Waals surface area contributed by atoms with E-state index in [4.69, 9.17) is 21.6 Å². The van der Waals surface area contributed by atoms with E-state index in [2.05, 4.69) is 11.1 Å². The molecule has 102 valence electrons. The quantitative estimate of drug-likeness (QED) is 0.675. The number of halogens is 1.